The van der Waals surface area contributed by atoms with E-state index >= 15 is 0 Å². The van der Waals surface area contributed by atoms with E-state index in [1.54, 1.807) is 18.2 Å². The van der Waals surface area contributed by atoms with Gasteiger partial charge < -0.3 is 13.9 Å². The summed E-state index contributed by atoms with van der Waals surface area (Å²) in [6, 6.07) is 12.8. The molecule has 154 valence electrons. The molecule has 0 saturated heterocycles. The van der Waals surface area contributed by atoms with Crippen LogP contribution in [0.2, 0.25) is 0 Å². The van der Waals surface area contributed by atoms with Crippen molar-refractivity contribution in [1.82, 2.24) is 19.5 Å². The highest BCUT2D eigenvalue weighted by Crippen LogP contribution is 2.29. The zero-order valence-corrected chi connectivity index (χ0v) is 18.0. The second-order valence-electron chi connectivity index (χ2n) is 6.54. The SMILES string of the molecule is COc1ccnc2c(=O)n(-c3nc4ccc(Oc5ccccc5C)nc4s3)c(=S)oc12. The third kappa shape index (κ3) is 3.35. The van der Waals surface area contributed by atoms with Crippen molar-refractivity contribution in [3.05, 3.63) is 69.4 Å². The maximum absolute atomic E-state index is 13.1. The Kier molecular flexibility index (Phi) is 4.72. The van der Waals surface area contributed by atoms with Crippen LogP contribution in [0.1, 0.15) is 5.56 Å². The molecule has 0 aliphatic heterocycles. The highest BCUT2D eigenvalue weighted by atomic mass is 32.1. The van der Waals surface area contributed by atoms with Crippen molar-refractivity contribution < 1.29 is 13.9 Å². The van der Waals surface area contributed by atoms with Gasteiger partial charge in [-0.3, -0.25) is 4.79 Å². The van der Waals surface area contributed by atoms with Crippen LogP contribution in [0.15, 0.2) is 57.9 Å². The minimum Gasteiger partial charge on any atom is -0.493 e. The fourth-order valence-corrected chi connectivity index (χ4v) is 4.29. The minimum absolute atomic E-state index is 0.0563. The van der Waals surface area contributed by atoms with Crippen LogP contribution >= 0.6 is 23.6 Å². The van der Waals surface area contributed by atoms with E-state index in [4.69, 9.17) is 26.1 Å². The standard InChI is InChI=1S/C21H14N4O4S2/c1-11-5-3-4-6-13(11)28-15-8-7-12-18(24-15)31-20(23-12)25-19(26)16-17(29-21(25)30)14(27-2)9-10-22-16/h3-10H,1-2H3. The lowest BCUT2D eigenvalue weighted by molar-refractivity contribution is 0.404. The van der Waals surface area contributed by atoms with Crippen molar-refractivity contribution in [3.63, 3.8) is 0 Å². The van der Waals surface area contributed by atoms with E-state index in [2.05, 4.69) is 15.0 Å². The summed E-state index contributed by atoms with van der Waals surface area (Å²) in [6.45, 7) is 1.96. The van der Waals surface area contributed by atoms with Crippen molar-refractivity contribution in [3.8, 4) is 22.5 Å². The Hall–Kier alpha value is -3.63. The second-order valence-corrected chi connectivity index (χ2v) is 7.84. The number of hydrogen-bond acceptors (Lipinski definition) is 9. The van der Waals surface area contributed by atoms with Gasteiger partial charge in [0.15, 0.2) is 11.3 Å². The lowest BCUT2D eigenvalue weighted by Crippen LogP contribution is -2.20. The molecule has 1 aromatic carbocycles. The number of para-hydroxylation sites is 1. The van der Waals surface area contributed by atoms with Crippen LogP contribution in [-0.4, -0.2) is 26.6 Å². The number of fused-ring (bicyclic) bond motifs is 2. The molecule has 0 spiro atoms. The molecular weight excluding hydrogens is 436 g/mol. The highest BCUT2D eigenvalue weighted by molar-refractivity contribution is 7.71. The van der Waals surface area contributed by atoms with Crippen molar-refractivity contribution >= 4 is 45.0 Å². The summed E-state index contributed by atoms with van der Waals surface area (Å²) in [5.74, 6) is 1.53. The summed E-state index contributed by atoms with van der Waals surface area (Å²) >= 11 is 6.52. The summed E-state index contributed by atoms with van der Waals surface area (Å²) < 4.78 is 18.0. The van der Waals surface area contributed by atoms with Gasteiger partial charge in [0, 0.05) is 18.3 Å². The van der Waals surface area contributed by atoms with Gasteiger partial charge >= 0.3 is 0 Å². The first-order valence-corrected chi connectivity index (χ1v) is 10.4. The van der Waals surface area contributed by atoms with E-state index < -0.39 is 5.56 Å². The third-order valence-corrected chi connectivity index (χ3v) is 5.80. The molecule has 10 heteroatoms. The van der Waals surface area contributed by atoms with E-state index in [9.17, 15) is 4.79 Å². The molecule has 0 aliphatic carbocycles. The molecule has 0 bridgehead atoms. The molecule has 31 heavy (non-hydrogen) atoms. The van der Waals surface area contributed by atoms with Crippen molar-refractivity contribution in [2.24, 2.45) is 0 Å². The van der Waals surface area contributed by atoms with Crippen LogP contribution in [0.25, 0.3) is 26.6 Å². The van der Waals surface area contributed by atoms with Crippen LogP contribution in [-0.2, 0) is 0 Å². The van der Waals surface area contributed by atoms with Gasteiger partial charge in [-0.15, -0.1) is 0 Å². The molecule has 0 N–H and O–H groups in total. The van der Waals surface area contributed by atoms with Gasteiger partial charge in [-0.25, -0.2) is 19.5 Å². The minimum atomic E-state index is -0.444. The molecule has 4 heterocycles. The van der Waals surface area contributed by atoms with Crippen LogP contribution < -0.4 is 15.0 Å². The van der Waals surface area contributed by atoms with E-state index in [0.717, 1.165) is 11.3 Å². The zero-order chi connectivity index (χ0) is 21.5. The largest absolute Gasteiger partial charge is 0.493 e. The molecule has 0 atom stereocenters. The highest BCUT2D eigenvalue weighted by Gasteiger charge is 2.17. The van der Waals surface area contributed by atoms with Crippen LogP contribution in [0.3, 0.4) is 0 Å². The molecule has 8 nitrogen and oxygen atoms in total. The molecule has 0 aliphatic rings. The summed E-state index contributed by atoms with van der Waals surface area (Å²) in [5.41, 5.74) is 1.46. The maximum Gasteiger partial charge on any atom is 0.290 e. The molecule has 5 aromatic rings. The van der Waals surface area contributed by atoms with Crippen molar-refractivity contribution in [2.45, 2.75) is 6.92 Å². The van der Waals surface area contributed by atoms with Gasteiger partial charge in [0.25, 0.3) is 10.4 Å². The smallest absolute Gasteiger partial charge is 0.290 e. The fourth-order valence-electron chi connectivity index (χ4n) is 3.05. The number of nitrogens with zero attached hydrogens (tertiary/aromatic N) is 4. The van der Waals surface area contributed by atoms with Crippen LogP contribution in [0.5, 0.6) is 17.4 Å². The van der Waals surface area contributed by atoms with E-state index in [1.165, 1.54) is 29.2 Å². The van der Waals surface area contributed by atoms with E-state index in [0.29, 0.717) is 27.1 Å². The first kappa shape index (κ1) is 19.3. The zero-order valence-electron chi connectivity index (χ0n) is 16.4. The van der Waals surface area contributed by atoms with Gasteiger partial charge in [0.1, 0.15) is 16.1 Å². The van der Waals surface area contributed by atoms with E-state index in [1.807, 2.05) is 31.2 Å². The predicted molar refractivity (Wildman–Crippen MR) is 119 cm³/mol. The predicted octanol–water partition coefficient (Wildman–Crippen LogP) is 4.82. The number of aromatic nitrogens is 4. The Balaban J connectivity index is 1.61. The van der Waals surface area contributed by atoms with Crippen LogP contribution in [0, 0.1) is 11.8 Å². The number of thiazole rings is 1. The lowest BCUT2D eigenvalue weighted by Gasteiger charge is -2.06. The van der Waals surface area contributed by atoms with Gasteiger partial charge in [-0.1, -0.05) is 29.5 Å². The quantitative estimate of drug-likeness (QED) is 0.360. The van der Waals surface area contributed by atoms with Gasteiger partial charge in [0.2, 0.25) is 16.6 Å². The molecule has 4 aromatic heterocycles. The number of methoxy groups -OCH3 is 1. The average molecular weight is 451 g/mol. The molecule has 0 amide bonds. The monoisotopic (exact) mass is 450 g/mol. The molecular formula is C21H14N4O4S2. The third-order valence-electron chi connectivity index (χ3n) is 4.58. The molecule has 5 rings (SSSR count). The Bertz CT molecular complexity index is 1570. The number of rotatable bonds is 4. The molecule has 0 unspecified atom stereocenters. The van der Waals surface area contributed by atoms with Crippen molar-refractivity contribution in [2.75, 3.05) is 7.11 Å². The van der Waals surface area contributed by atoms with Gasteiger partial charge in [0.05, 0.1) is 7.11 Å². The molecule has 0 fully saturated rings. The number of benzene rings is 1. The number of hydrogen-bond donors (Lipinski definition) is 0. The fraction of sp³-hybridized carbons (Fsp3) is 0.0952. The first-order chi connectivity index (χ1) is 15.0. The Labute approximate surface area is 184 Å². The Morgan fingerprint density at radius 1 is 1.10 bits per heavy atom. The lowest BCUT2D eigenvalue weighted by atomic mass is 10.2. The molecule has 0 saturated carbocycles. The average Bonchev–Trinajstić information content (AvgIpc) is 3.18. The Morgan fingerprint density at radius 2 is 1.94 bits per heavy atom. The number of ether oxygens (including phenoxy) is 2. The van der Waals surface area contributed by atoms with Crippen molar-refractivity contribution in [1.29, 1.82) is 0 Å². The van der Waals surface area contributed by atoms with Gasteiger partial charge in [-0.05, 0) is 36.8 Å². The number of aryl methyl sites for hydroxylation is 1. The normalized spacial score (nSPS) is 11.2. The first-order valence-electron chi connectivity index (χ1n) is 9.15. The molecule has 0 radical (unpaired) electrons. The summed E-state index contributed by atoms with van der Waals surface area (Å²) in [7, 11) is 1.48. The Morgan fingerprint density at radius 3 is 2.74 bits per heavy atom. The summed E-state index contributed by atoms with van der Waals surface area (Å²) in [5, 5.41) is 0.334. The summed E-state index contributed by atoms with van der Waals surface area (Å²) in [4.78, 5) is 26.8. The second kappa shape index (κ2) is 7.56. The van der Waals surface area contributed by atoms with E-state index in [-0.39, 0.29) is 15.9 Å². The number of pyridine rings is 2. The van der Waals surface area contributed by atoms with Crippen LogP contribution in [0.4, 0.5) is 0 Å². The maximum atomic E-state index is 13.1. The van der Waals surface area contributed by atoms with Gasteiger partial charge in [-0.2, -0.15) is 0 Å². The summed E-state index contributed by atoms with van der Waals surface area (Å²) in [6.07, 6.45) is 1.47. The topological polar surface area (TPSA) is 92.3 Å².